The zero-order valence-corrected chi connectivity index (χ0v) is 16.0. The largest absolute Gasteiger partial charge is 0.396 e. The molecule has 0 aliphatic carbocycles. The number of aliphatic hydroxyl groups excluding tert-OH is 1. The van der Waals surface area contributed by atoms with Gasteiger partial charge in [0.1, 0.15) is 0 Å². The lowest BCUT2D eigenvalue weighted by molar-refractivity contribution is 0.100. The minimum absolute atomic E-state index is 0.0612. The van der Waals surface area contributed by atoms with Crippen LogP contribution in [0.4, 0.5) is 5.69 Å². The molecule has 1 amide bonds. The smallest absolute Gasteiger partial charge is 0.252 e. The van der Waals surface area contributed by atoms with Crippen molar-refractivity contribution in [2.45, 2.75) is 25.5 Å². The van der Waals surface area contributed by atoms with Crippen molar-refractivity contribution in [1.29, 1.82) is 0 Å². The van der Waals surface area contributed by atoms with Crippen LogP contribution in [0.3, 0.4) is 0 Å². The fourth-order valence-corrected chi connectivity index (χ4v) is 3.41. The number of nitrogens with one attached hydrogen (secondary N) is 2. The Kier molecular flexibility index (Phi) is 6.91. The van der Waals surface area contributed by atoms with Crippen LogP contribution in [-0.2, 0) is 17.8 Å². The Balaban J connectivity index is 1.79. The first kappa shape index (κ1) is 20.2. The van der Waals surface area contributed by atoms with Gasteiger partial charge in [0, 0.05) is 62.4 Å². The lowest BCUT2D eigenvalue weighted by Crippen LogP contribution is -2.45. The highest BCUT2D eigenvalue weighted by molar-refractivity contribution is 5.98. The number of aliphatic hydroxyl groups is 1. The molecule has 0 spiro atoms. The summed E-state index contributed by atoms with van der Waals surface area (Å²) >= 11 is 0. The zero-order chi connectivity index (χ0) is 19.9. The fourth-order valence-electron chi connectivity index (χ4n) is 3.41. The van der Waals surface area contributed by atoms with E-state index in [0.717, 1.165) is 36.5 Å². The van der Waals surface area contributed by atoms with Gasteiger partial charge in [-0.3, -0.25) is 14.8 Å². The van der Waals surface area contributed by atoms with E-state index in [0.29, 0.717) is 24.3 Å². The molecule has 28 heavy (non-hydrogen) atoms. The SMILES string of the molecule is COCc1ccc(Cc2cc(N[C@@H]3CCNC[C@@H]3CO)c(C(N)=O)cn2)nc1. The number of carbonyl (C=O) groups is 1. The number of pyridine rings is 2. The molecule has 0 unspecified atom stereocenters. The Hall–Kier alpha value is -2.55. The Morgan fingerprint density at radius 2 is 2.18 bits per heavy atom. The predicted octanol–water partition coefficient (Wildman–Crippen LogP) is 0.695. The lowest BCUT2D eigenvalue weighted by atomic mass is 9.93. The first-order chi connectivity index (χ1) is 13.6. The Morgan fingerprint density at radius 3 is 2.86 bits per heavy atom. The molecule has 0 bridgehead atoms. The number of carbonyl (C=O) groups excluding carboxylic acids is 1. The number of nitrogens with two attached hydrogens (primary N) is 1. The second kappa shape index (κ2) is 9.59. The van der Waals surface area contributed by atoms with Crippen LogP contribution < -0.4 is 16.4 Å². The third kappa shape index (κ3) is 5.03. The normalized spacial score (nSPS) is 19.4. The molecule has 2 aromatic rings. The summed E-state index contributed by atoms with van der Waals surface area (Å²) in [5, 5.41) is 16.3. The number of anilines is 1. The van der Waals surface area contributed by atoms with Crippen LogP contribution in [0.15, 0.2) is 30.6 Å². The summed E-state index contributed by atoms with van der Waals surface area (Å²) in [5.74, 6) is -0.459. The van der Waals surface area contributed by atoms with Gasteiger partial charge in [0.25, 0.3) is 5.91 Å². The third-order valence-electron chi connectivity index (χ3n) is 4.97. The molecule has 1 aliphatic heterocycles. The molecular formula is C20H27N5O3. The maximum Gasteiger partial charge on any atom is 0.252 e. The first-order valence-electron chi connectivity index (χ1n) is 9.40. The molecule has 0 radical (unpaired) electrons. The minimum Gasteiger partial charge on any atom is -0.396 e. The van der Waals surface area contributed by atoms with Gasteiger partial charge in [-0.25, -0.2) is 0 Å². The molecule has 150 valence electrons. The lowest BCUT2D eigenvalue weighted by Gasteiger charge is -2.32. The summed E-state index contributed by atoms with van der Waals surface area (Å²) in [6, 6.07) is 5.83. The molecule has 2 aromatic heterocycles. The van der Waals surface area contributed by atoms with Gasteiger partial charge in [-0.05, 0) is 30.7 Å². The number of rotatable bonds is 8. The maximum absolute atomic E-state index is 11.8. The van der Waals surface area contributed by atoms with Gasteiger partial charge < -0.3 is 26.2 Å². The second-order valence-electron chi connectivity index (χ2n) is 7.04. The summed E-state index contributed by atoms with van der Waals surface area (Å²) < 4.78 is 5.10. The van der Waals surface area contributed by atoms with E-state index in [1.54, 1.807) is 13.3 Å². The number of methoxy groups -OCH3 is 1. The molecule has 8 heteroatoms. The second-order valence-corrected chi connectivity index (χ2v) is 7.04. The van der Waals surface area contributed by atoms with Gasteiger partial charge in [0.15, 0.2) is 0 Å². The van der Waals surface area contributed by atoms with Crippen molar-refractivity contribution in [2.75, 3.05) is 32.1 Å². The summed E-state index contributed by atoms with van der Waals surface area (Å²) in [7, 11) is 1.65. The van der Waals surface area contributed by atoms with Gasteiger partial charge in [-0.1, -0.05) is 6.07 Å². The van der Waals surface area contributed by atoms with Crippen molar-refractivity contribution >= 4 is 11.6 Å². The molecule has 5 N–H and O–H groups in total. The van der Waals surface area contributed by atoms with Gasteiger partial charge >= 0.3 is 0 Å². The Morgan fingerprint density at radius 1 is 1.36 bits per heavy atom. The average molecular weight is 385 g/mol. The van der Waals surface area contributed by atoms with Gasteiger partial charge in [0.2, 0.25) is 0 Å². The number of hydrogen-bond acceptors (Lipinski definition) is 7. The number of nitrogens with zero attached hydrogens (tertiary/aromatic N) is 2. The number of amides is 1. The summed E-state index contributed by atoms with van der Waals surface area (Å²) in [4.78, 5) is 20.7. The summed E-state index contributed by atoms with van der Waals surface area (Å²) in [5.41, 5.74) is 9.20. The number of piperidine rings is 1. The van der Waals surface area contributed by atoms with E-state index in [9.17, 15) is 9.90 Å². The highest BCUT2D eigenvalue weighted by Crippen LogP contribution is 2.22. The predicted molar refractivity (Wildman–Crippen MR) is 106 cm³/mol. The van der Waals surface area contributed by atoms with Crippen LogP contribution in [-0.4, -0.2) is 53.8 Å². The van der Waals surface area contributed by atoms with Crippen molar-refractivity contribution < 1.29 is 14.6 Å². The van der Waals surface area contributed by atoms with E-state index in [1.165, 1.54) is 6.20 Å². The molecule has 2 atom stereocenters. The van der Waals surface area contributed by atoms with Gasteiger partial charge in [-0.2, -0.15) is 0 Å². The van der Waals surface area contributed by atoms with E-state index >= 15 is 0 Å². The molecule has 1 aliphatic rings. The van der Waals surface area contributed by atoms with Crippen molar-refractivity contribution in [2.24, 2.45) is 11.7 Å². The molecule has 1 saturated heterocycles. The first-order valence-corrected chi connectivity index (χ1v) is 9.40. The molecular weight excluding hydrogens is 358 g/mol. The van der Waals surface area contributed by atoms with Crippen molar-refractivity contribution in [3.05, 3.63) is 53.1 Å². The summed E-state index contributed by atoms with van der Waals surface area (Å²) in [6.07, 6.45) is 4.69. The monoisotopic (exact) mass is 385 g/mol. The van der Waals surface area contributed by atoms with Crippen LogP contribution in [0.1, 0.15) is 33.7 Å². The number of hydrogen-bond donors (Lipinski definition) is 4. The third-order valence-corrected chi connectivity index (χ3v) is 4.97. The van der Waals surface area contributed by atoms with Gasteiger partial charge in [-0.15, -0.1) is 0 Å². The van der Waals surface area contributed by atoms with Crippen molar-refractivity contribution in [3.63, 3.8) is 0 Å². The van der Waals surface area contributed by atoms with Crippen molar-refractivity contribution in [3.8, 4) is 0 Å². The quantitative estimate of drug-likeness (QED) is 0.527. The van der Waals surface area contributed by atoms with Crippen LogP contribution in [0.2, 0.25) is 0 Å². The van der Waals surface area contributed by atoms with Crippen LogP contribution >= 0.6 is 0 Å². The van der Waals surface area contributed by atoms with E-state index in [4.69, 9.17) is 10.5 Å². The maximum atomic E-state index is 11.8. The molecule has 1 fully saturated rings. The average Bonchev–Trinajstić information content (AvgIpc) is 2.70. The van der Waals surface area contributed by atoms with E-state index in [2.05, 4.69) is 20.6 Å². The fraction of sp³-hybridized carbons (Fsp3) is 0.450. The summed E-state index contributed by atoms with van der Waals surface area (Å²) in [6.45, 7) is 2.19. The topological polar surface area (TPSA) is 122 Å². The van der Waals surface area contributed by atoms with Crippen molar-refractivity contribution in [1.82, 2.24) is 15.3 Å². The molecule has 3 heterocycles. The van der Waals surface area contributed by atoms with Crippen LogP contribution in [0, 0.1) is 5.92 Å². The number of ether oxygens (including phenoxy) is 1. The molecule has 8 nitrogen and oxygen atoms in total. The Bertz CT molecular complexity index is 797. The highest BCUT2D eigenvalue weighted by Gasteiger charge is 2.25. The molecule has 3 rings (SSSR count). The molecule has 0 saturated carbocycles. The van der Waals surface area contributed by atoms with Gasteiger partial charge in [0.05, 0.1) is 17.9 Å². The van der Waals surface area contributed by atoms with Crippen LogP contribution in [0.25, 0.3) is 0 Å². The van der Waals surface area contributed by atoms with E-state index in [1.807, 2.05) is 18.2 Å². The van der Waals surface area contributed by atoms with E-state index < -0.39 is 5.91 Å². The minimum atomic E-state index is -0.530. The highest BCUT2D eigenvalue weighted by atomic mass is 16.5. The zero-order valence-electron chi connectivity index (χ0n) is 16.0. The number of primary amides is 1. The molecule has 0 aromatic carbocycles. The van der Waals surface area contributed by atoms with Crippen LogP contribution in [0.5, 0.6) is 0 Å². The van der Waals surface area contributed by atoms with E-state index in [-0.39, 0.29) is 18.6 Å². The standard InChI is InChI=1S/C20H27N5O3/c1-28-12-13-2-3-15(23-8-13)6-16-7-19(17(10-24-16)20(21)27)25-18-4-5-22-9-14(18)11-26/h2-3,7-8,10,14,18,22,26H,4-6,9,11-12H2,1H3,(H2,21,27)(H,24,25)/t14-,18-/m1/s1. The number of aromatic nitrogens is 2. The Labute approximate surface area is 164 Å².